The van der Waals surface area contributed by atoms with Crippen molar-refractivity contribution in [2.75, 3.05) is 11.9 Å². The number of ether oxygens (including phenoxy) is 1. The number of rotatable bonds is 6. The normalized spacial score (nSPS) is 14.1. The molecule has 0 saturated heterocycles. The number of hydrogen-bond acceptors (Lipinski definition) is 5. The van der Waals surface area contributed by atoms with Crippen molar-refractivity contribution in [1.82, 2.24) is 9.97 Å². The number of aromatic nitrogens is 2. The van der Waals surface area contributed by atoms with Crippen LogP contribution in [0.3, 0.4) is 0 Å². The molecule has 9 heteroatoms. The molecule has 1 heterocycles. The van der Waals surface area contributed by atoms with Gasteiger partial charge in [-0.15, -0.1) is 0 Å². The van der Waals surface area contributed by atoms with Crippen LogP contribution >= 0.6 is 0 Å². The van der Waals surface area contributed by atoms with Gasteiger partial charge in [0.25, 0.3) is 0 Å². The number of hydrogen-bond donors (Lipinski definition) is 2. The molecular weight excluding hydrogens is 339 g/mol. The molecule has 1 amide bonds. The van der Waals surface area contributed by atoms with Crippen LogP contribution in [0.15, 0.2) is 48.2 Å². The monoisotopic (exact) mass is 357 g/mol. The van der Waals surface area contributed by atoms with E-state index in [0.717, 1.165) is 17.8 Å². The molecule has 0 aliphatic rings. The van der Waals surface area contributed by atoms with Gasteiger partial charge in [-0.25, -0.2) is 14.8 Å². The summed E-state index contributed by atoms with van der Waals surface area (Å²) in [5.41, 5.74) is 0.0704. The number of anilines is 1. The number of alkyl halides is 3. The number of allylic oxidation sites excluding steroid dienone is 5. The van der Waals surface area contributed by atoms with Crippen molar-refractivity contribution in [2.24, 2.45) is 0 Å². The van der Waals surface area contributed by atoms with Crippen LogP contribution in [0.25, 0.3) is 0 Å². The summed E-state index contributed by atoms with van der Waals surface area (Å²) in [4.78, 5) is 18.7. The highest BCUT2D eigenvalue weighted by Gasteiger charge is 2.40. The Morgan fingerprint density at radius 1 is 1.40 bits per heavy atom. The van der Waals surface area contributed by atoms with E-state index in [4.69, 9.17) is 9.84 Å². The Morgan fingerprint density at radius 3 is 2.76 bits per heavy atom. The van der Waals surface area contributed by atoms with Gasteiger partial charge in [-0.2, -0.15) is 13.2 Å². The lowest BCUT2D eigenvalue weighted by molar-refractivity contribution is -0.207. The molecule has 0 bridgehead atoms. The summed E-state index contributed by atoms with van der Waals surface area (Å²) in [6, 6.07) is 0.901. The second-order valence-corrected chi connectivity index (χ2v) is 4.87. The number of aliphatic hydroxyl groups is 1. The van der Waals surface area contributed by atoms with Crippen LogP contribution in [0.2, 0.25) is 0 Å². The molecule has 1 unspecified atom stereocenters. The highest BCUT2D eigenvalue weighted by molar-refractivity contribution is 5.82. The van der Waals surface area contributed by atoms with Gasteiger partial charge in [-0.1, -0.05) is 30.4 Å². The SMILES string of the molecule is C\C=C/C=C\C=C(/C)COC(=O)Nc1nccc(C(O)C(F)(F)F)n1. The molecule has 25 heavy (non-hydrogen) atoms. The highest BCUT2D eigenvalue weighted by Crippen LogP contribution is 2.31. The van der Waals surface area contributed by atoms with Crippen LogP contribution in [-0.4, -0.2) is 34.0 Å². The Kier molecular flexibility index (Phi) is 7.80. The minimum Gasteiger partial charge on any atom is -0.445 e. The average molecular weight is 357 g/mol. The molecule has 0 aliphatic heterocycles. The van der Waals surface area contributed by atoms with Gasteiger partial charge in [-0.3, -0.25) is 5.32 Å². The number of halogens is 3. The Labute approximate surface area is 142 Å². The van der Waals surface area contributed by atoms with Crippen LogP contribution in [0.4, 0.5) is 23.9 Å². The number of nitrogens with one attached hydrogen (secondary N) is 1. The average Bonchev–Trinajstić information content (AvgIpc) is 2.55. The minimum absolute atomic E-state index is 0.0170. The summed E-state index contributed by atoms with van der Waals surface area (Å²) in [6.45, 7) is 3.60. The van der Waals surface area contributed by atoms with E-state index in [1.54, 1.807) is 25.2 Å². The summed E-state index contributed by atoms with van der Waals surface area (Å²) in [6.07, 6.45) is 1.43. The molecule has 1 rings (SSSR count). The number of nitrogens with zero attached hydrogens (tertiary/aromatic N) is 2. The van der Waals surface area contributed by atoms with Crippen LogP contribution in [-0.2, 0) is 4.74 Å². The lowest BCUT2D eigenvalue weighted by Gasteiger charge is -2.14. The van der Waals surface area contributed by atoms with Gasteiger partial charge in [0.15, 0.2) is 6.10 Å². The van der Waals surface area contributed by atoms with E-state index in [1.807, 2.05) is 19.1 Å². The third-order valence-corrected chi connectivity index (χ3v) is 2.71. The maximum atomic E-state index is 12.5. The zero-order chi connectivity index (χ0) is 18.9. The van der Waals surface area contributed by atoms with Crippen LogP contribution in [0, 0.1) is 0 Å². The minimum atomic E-state index is -4.87. The summed E-state index contributed by atoms with van der Waals surface area (Å²) in [7, 11) is 0. The van der Waals surface area contributed by atoms with Gasteiger partial charge in [0, 0.05) is 6.20 Å². The van der Waals surface area contributed by atoms with E-state index in [1.165, 1.54) is 0 Å². The van der Waals surface area contributed by atoms with Crippen LogP contribution in [0.1, 0.15) is 25.6 Å². The zero-order valence-electron chi connectivity index (χ0n) is 13.6. The molecule has 1 aromatic heterocycles. The van der Waals surface area contributed by atoms with Crippen molar-refractivity contribution in [1.29, 1.82) is 0 Å². The molecule has 6 nitrogen and oxygen atoms in total. The first-order valence-electron chi connectivity index (χ1n) is 7.20. The second-order valence-electron chi connectivity index (χ2n) is 4.87. The largest absolute Gasteiger partial charge is 0.445 e. The fourth-order valence-electron chi connectivity index (χ4n) is 1.50. The smallest absolute Gasteiger partial charge is 0.420 e. The predicted molar refractivity (Wildman–Crippen MR) is 85.7 cm³/mol. The van der Waals surface area contributed by atoms with Gasteiger partial charge in [-0.05, 0) is 25.5 Å². The van der Waals surface area contributed by atoms with Crippen molar-refractivity contribution in [3.8, 4) is 0 Å². The summed E-state index contributed by atoms with van der Waals surface area (Å²) in [5.74, 6) is -0.402. The van der Waals surface area contributed by atoms with Crippen LogP contribution < -0.4 is 5.32 Å². The first-order valence-corrected chi connectivity index (χ1v) is 7.20. The summed E-state index contributed by atoms with van der Waals surface area (Å²) >= 11 is 0. The lowest BCUT2D eigenvalue weighted by Crippen LogP contribution is -2.22. The van der Waals surface area contributed by atoms with E-state index in [9.17, 15) is 18.0 Å². The molecular formula is C16H18F3N3O3. The van der Waals surface area contributed by atoms with Gasteiger partial charge in [0.2, 0.25) is 5.95 Å². The summed E-state index contributed by atoms with van der Waals surface area (Å²) < 4.78 is 42.2. The van der Waals surface area contributed by atoms with Crippen molar-refractivity contribution < 1.29 is 27.8 Å². The Bertz CT molecular complexity index is 670. The topological polar surface area (TPSA) is 84.3 Å². The van der Waals surface area contributed by atoms with Crippen LogP contribution in [0.5, 0.6) is 0 Å². The van der Waals surface area contributed by atoms with E-state index in [-0.39, 0.29) is 6.61 Å². The van der Waals surface area contributed by atoms with Gasteiger partial charge < -0.3 is 9.84 Å². The number of carbonyl (C=O) groups excluding carboxylic acids is 1. The van der Waals surface area contributed by atoms with E-state index in [0.29, 0.717) is 0 Å². The second kappa shape index (κ2) is 9.58. The number of aliphatic hydroxyl groups excluding tert-OH is 1. The Balaban J connectivity index is 2.60. The standard InChI is InChI=1S/C16H18F3N3O3/c1-3-4-5-6-7-11(2)10-25-15(24)22-14-20-9-8-12(21-14)13(23)16(17,18)19/h3-9,13,23H,10H2,1-2H3,(H,20,21,22,24)/b4-3-,6-5-,11-7+. The third kappa shape index (κ3) is 7.62. The van der Waals surface area contributed by atoms with Gasteiger partial charge in [0.05, 0.1) is 5.69 Å². The van der Waals surface area contributed by atoms with E-state index < -0.39 is 30.0 Å². The Morgan fingerprint density at radius 2 is 2.12 bits per heavy atom. The molecule has 0 fully saturated rings. The maximum absolute atomic E-state index is 12.5. The van der Waals surface area contributed by atoms with Gasteiger partial charge >= 0.3 is 12.3 Å². The van der Waals surface area contributed by atoms with Crippen molar-refractivity contribution in [2.45, 2.75) is 26.1 Å². The maximum Gasteiger partial charge on any atom is 0.420 e. The van der Waals surface area contributed by atoms with E-state index >= 15 is 0 Å². The first-order chi connectivity index (χ1) is 11.7. The molecule has 0 aliphatic carbocycles. The van der Waals surface area contributed by atoms with Crippen molar-refractivity contribution in [3.05, 3.63) is 53.9 Å². The molecule has 2 N–H and O–H groups in total. The lowest BCUT2D eigenvalue weighted by atomic mass is 10.2. The molecule has 1 atom stereocenters. The van der Waals surface area contributed by atoms with Crippen molar-refractivity contribution in [3.63, 3.8) is 0 Å². The first kappa shape index (κ1) is 20.4. The molecule has 1 aromatic rings. The number of amides is 1. The summed E-state index contributed by atoms with van der Waals surface area (Å²) in [5, 5.41) is 11.2. The third-order valence-electron chi connectivity index (χ3n) is 2.71. The van der Waals surface area contributed by atoms with E-state index in [2.05, 4.69) is 15.3 Å². The molecule has 0 radical (unpaired) electrons. The molecule has 0 spiro atoms. The predicted octanol–water partition coefficient (Wildman–Crippen LogP) is 3.70. The zero-order valence-corrected chi connectivity index (χ0v) is 13.6. The van der Waals surface area contributed by atoms with Crippen molar-refractivity contribution >= 4 is 12.0 Å². The quantitative estimate of drug-likeness (QED) is 0.759. The van der Waals surface area contributed by atoms with Gasteiger partial charge in [0.1, 0.15) is 6.61 Å². The molecule has 0 saturated carbocycles. The fraction of sp³-hybridized carbons (Fsp3) is 0.312. The highest BCUT2D eigenvalue weighted by atomic mass is 19.4. The number of carbonyl (C=O) groups is 1. The Hall–Kier alpha value is -2.68. The fourth-order valence-corrected chi connectivity index (χ4v) is 1.50. The molecule has 136 valence electrons. The molecule has 0 aromatic carbocycles.